The molecule has 0 bridgehead atoms. The van der Waals surface area contributed by atoms with Gasteiger partial charge in [-0.05, 0) is 0 Å². The van der Waals surface area contributed by atoms with Crippen LogP contribution in [0.5, 0.6) is 0 Å². The zero-order valence-electron chi connectivity index (χ0n) is 1.80. The normalized spacial score (nSPS) is 0.500. The van der Waals surface area contributed by atoms with Crippen LogP contribution in [0.25, 0.3) is 0 Å². The standard InChI is InChI=1S/CN.Fe.Nd/c1-2;;/q-1;;. The Hall–Kier alpha value is 1.36. The van der Waals surface area contributed by atoms with Crippen molar-refractivity contribution in [2.24, 2.45) is 0 Å². The second-order valence-electron chi connectivity index (χ2n) is 0. The predicted molar refractivity (Wildman–Crippen MR) is 4.97 cm³/mol. The van der Waals surface area contributed by atoms with Gasteiger partial charge in [-0.3, -0.25) is 0 Å². The van der Waals surface area contributed by atoms with E-state index in [0.717, 1.165) is 0 Å². The number of rotatable bonds is 0. The monoisotopic (exact) mass is 224 g/mol. The van der Waals surface area contributed by atoms with Crippen LogP contribution in [0.4, 0.5) is 0 Å². The second kappa shape index (κ2) is 26.6. The fourth-order valence-corrected chi connectivity index (χ4v) is 0. The van der Waals surface area contributed by atoms with E-state index in [-0.39, 0.29) is 57.9 Å². The van der Waals surface area contributed by atoms with E-state index in [1.807, 2.05) is 0 Å². The number of hydrogen-bond donors (Lipinski definition) is 0. The second-order valence-corrected chi connectivity index (χ2v) is 0. The Kier molecular flexibility index (Phi) is 122. The van der Waals surface area contributed by atoms with Crippen LogP contribution in [0.15, 0.2) is 0 Å². The third kappa shape index (κ3) is 10.1. The van der Waals surface area contributed by atoms with E-state index in [4.69, 9.17) is 11.8 Å². The van der Waals surface area contributed by atoms with Gasteiger partial charge in [0.25, 0.3) is 0 Å². The summed E-state index contributed by atoms with van der Waals surface area (Å²) in [5, 5.41) is 6.25. The Morgan fingerprint density at radius 2 is 1.25 bits per heavy atom. The maximum absolute atomic E-state index is 6.25. The van der Waals surface area contributed by atoms with Crippen LogP contribution in [0.2, 0.25) is 0 Å². The van der Waals surface area contributed by atoms with Crippen molar-refractivity contribution in [1.82, 2.24) is 0 Å². The molecule has 0 amide bonds. The Labute approximate surface area is 68.8 Å². The summed E-state index contributed by atoms with van der Waals surface area (Å²) in [6.45, 7) is 4.75. The molecule has 0 fully saturated rings. The zero-order chi connectivity index (χ0) is 2.00. The zero-order valence-corrected chi connectivity index (χ0v) is 6.11. The number of hydrogen-bond acceptors (Lipinski definition) is 1. The fourth-order valence-electron chi connectivity index (χ4n) is 0. The molecule has 1 nitrogen and oxygen atoms in total. The Morgan fingerprint density at radius 3 is 1.25 bits per heavy atom. The smallest absolute Gasteiger partial charge is 0 e. The fraction of sp³-hybridized carbons (Fsp3) is 0. The molecular weight excluding hydrogens is 226 g/mol. The molecule has 0 rings (SSSR count). The van der Waals surface area contributed by atoms with E-state index in [0.29, 0.717) is 0 Å². The molecule has 0 radical (unpaired) electrons. The molecule has 0 aromatic carbocycles. The van der Waals surface area contributed by atoms with E-state index in [2.05, 4.69) is 0 Å². The summed E-state index contributed by atoms with van der Waals surface area (Å²) in [6.07, 6.45) is 0. The maximum atomic E-state index is 6.25. The van der Waals surface area contributed by atoms with Crippen molar-refractivity contribution in [3.63, 3.8) is 0 Å². The van der Waals surface area contributed by atoms with Crippen molar-refractivity contribution >= 4 is 0 Å². The molecule has 22 valence electrons. The summed E-state index contributed by atoms with van der Waals surface area (Å²) < 4.78 is 0. The van der Waals surface area contributed by atoms with Crippen LogP contribution < -0.4 is 0 Å². The van der Waals surface area contributed by atoms with E-state index < -0.39 is 0 Å². The third-order valence-electron chi connectivity index (χ3n) is 0. The summed E-state index contributed by atoms with van der Waals surface area (Å²) in [7, 11) is 0. The van der Waals surface area contributed by atoms with Gasteiger partial charge in [-0.1, -0.05) is 0 Å². The van der Waals surface area contributed by atoms with E-state index in [1.54, 1.807) is 0 Å². The van der Waals surface area contributed by atoms with Crippen molar-refractivity contribution in [2.75, 3.05) is 0 Å². The molecule has 4 heavy (non-hydrogen) atoms. The Balaban J connectivity index is -0.00000000500. The minimum absolute atomic E-state index is 0. The summed E-state index contributed by atoms with van der Waals surface area (Å²) >= 11 is 0. The summed E-state index contributed by atoms with van der Waals surface area (Å²) in [4.78, 5) is 0. The van der Waals surface area contributed by atoms with Gasteiger partial charge in [0, 0.05) is 57.9 Å². The van der Waals surface area contributed by atoms with Gasteiger partial charge in [0.1, 0.15) is 0 Å². The summed E-state index contributed by atoms with van der Waals surface area (Å²) in [5.41, 5.74) is 0. The van der Waals surface area contributed by atoms with Gasteiger partial charge in [0.05, 0.1) is 0 Å². The average Bonchev–Trinajstić information content (AvgIpc) is 1.00. The third-order valence-corrected chi connectivity index (χ3v) is 0. The average molecular weight is 226 g/mol. The molecule has 0 saturated heterocycles. The largest absolute Gasteiger partial charge is 0.512 e. The first kappa shape index (κ1) is 18.3. The van der Waals surface area contributed by atoms with E-state index >= 15 is 0 Å². The van der Waals surface area contributed by atoms with Gasteiger partial charge in [-0.15, -0.1) is 0 Å². The van der Waals surface area contributed by atoms with Crippen molar-refractivity contribution in [1.29, 1.82) is 5.26 Å². The first-order valence-corrected chi connectivity index (χ1v) is 0.224. The predicted octanol–water partition coefficient (Wildman–Crippen LogP) is 0.0939. The van der Waals surface area contributed by atoms with Crippen LogP contribution in [-0.2, 0) is 17.1 Å². The molecule has 0 unspecified atom stereocenters. The molecule has 0 saturated carbocycles. The molecule has 0 aliphatic carbocycles. The minimum Gasteiger partial charge on any atom is -0.512 e. The molecule has 0 aromatic rings. The van der Waals surface area contributed by atoms with Gasteiger partial charge in [-0.2, -0.15) is 0 Å². The van der Waals surface area contributed by atoms with Crippen LogP contribution in [0.3, 0.4) is 0 Å². The van der Waals surface area contributed by atoms with Crippen molar-refractivity contribution in [3.8, 4) is 0 Å². The van der Waals surface area contributed by atoms with Crippen LogP contribution in [0.1, 0.15) is 0 Å². The molecule has 3 heteroatoms. The molecular formula is CFeNNd-. The summed E-state index contributed by atoms with van der Waals surface area (Å²) in [5.74, 6) is 0. The molecule has 0 atom stereocenters. The van der Waals surface area contributed by atoms with E-state index in [9.17, 15) is 0 Å². The van der Waals surface area contributed by atoms with Crippen LogP contribution in [-0.4, -0.2) is 0 Å². The van der Waals surface area contributed by atoms with Crippen LogP contribution in [0, 0.1) is 52.7 Å². The summed E-state index contributed by atoms with van der Waals surface area (Å²) in [6, 6.07) is 0. The van der Waals surface area contributed by atoms with Gasteiger partial charge in [0.15, 0.2) is 0 Å². The Bertz CT molecular complexity index is 12.8. The van der Waals surface area contributed by atoms with Crippen molar-refractivity contribution < 1.29 is 57.9 Å². The van der Waals surface area contributed by atoms with Gasteiger partial charge < -0.3 is 11.8 Å². The van der Waals surface area contributed by atoms with Crippen molar-refractivity contribution in [3.05, 3.63) is 6.57 Å². The molecule has 0 spiro atoms. The topological polar surface area (TPSA) is 23.8 Å². The van der Waals surface area contributed by atoms with E-state index in [1.165, 1.54) is 0 Å². The number of nitrogens with zero attached hydrogens (tertiary/aromatic N) is 1. The quantitative estimate of drug-likeness (QED) is 0.424. The van der Waals surface area contributed by atoms with Gasteiger partial charge in [0.2, 0.25) is 0 Å². The van der Waals surface area contributed by atoms with Crippen molar-refractivity contribution in [2.45, 2.75) is 0 Å². The molecule has 0 aromatic heterocycles. The minimum atomic E-state index is 0. The Morgan fingerprint density at radius 1 is 1.25 bits per heavy atom. The first-order valence-electron chi connectivity index (χ1n) is 0.224. The maximum Gasteiger partial charge on any atom is 0 e. The molecule has 0 aliphatic heterocycles. The molecule has 0 aliphatic rings. The molecule has 0 N–H and O–H groups in total. The van der Waals surface area contributed by atoms with Crippen LogP contribution >= 0.6 is 0 Å². The van der Waals surface area contributed by atoms with Gasteiger partial charge in [-0.25, -0.2) is 0 Å². The molecule has 0 heterocycles. The first-order chi connectivity index (χ1) is 1.00. The van der Waals surface area contributed by atoms with Gasteiger partial charge >= 0.3 is 0 Å². The SMILES string of the molecule is [C-]#N.[Fe].[Nd].